The molecule has 1 aliphatic heterocycles. The van der Waals surface area contributed by atoms with Gasteiger partial charge in [0.2, 0.25) is 0 Å². The minimum absolute atomic E-state index is 0.513. The molecule has 1 aliphatic rings. The smallest absolute Gasteiger partial charge is 0.124 e. The maximum absolute atomic E-state index is 5.03. The molecule has 0 aliphatic carbocycles. The van der Waals surface area contributed by atoms with E-state index in [0.29, 0.717) is 6.04 Å². The minimum atomic E-state index is 0.513. The maximum atomic E-state index is 5.03. The fourth-order valence-electron chi connectivity index (χ4n) is 0.907. The molecular weight excluding hydrogens is 196 g/mol. The molecule has 0 atom stereocenters. The van der Waals surface area contributed by atoms with Gasteiger partial charge in [-0.3, -0.25) is 0 Å². The molecule has 2 rings (SSSR count). The predicted molar refractivity (Wildman–Crippen MR) is 39.8 cm³/mol. The van der Waals surface area contributed by atoms with Crippen molar-refractivity contribution in [3.05, 3.63) is 17.1 Å². The summed E-state index contributed by atoms with van der Waals surface area (Å²) in [4.78, 5) is 4.04. The van der Waals surface area contributed by atoms with E-state index in [9.17, 15) is 0 Å². The number of hydrogen-bond donors (Lipinski definition) is 0. The van der Waals surface area contributed by atoms with Gasteiger partial charge in [-0.2, -0.15) is 0 Å². The molecule has 0 saturated carbocycles. The normalized spacial score (nSPS) is 18.9. The maximum Gasteiger partial charge on any atom is 0.124 e. The zero-order valence-electron chi connectivity index (χ0n) is 5.33. The fraction of sp³-hybridized carbons (Fsp3) is 0.500. The highest BCUT2D eigenvalue weighted by atomic mass is 79.9. The average Bonchev–Trinajstić information content (AvgIpc) is 2.10. The van der Waals surface area contributed by atoms with Crippen molar-refractivity contribution in [1.29, 1.82) is 0 Å². The highest BCUT2D eigenvalue weighted by Crippen LogP contribution is 2.18. The summed E-state index contributed by atoms with van der Waals surface area (Å²) in [5.74, 6) is 0. The summed E-state index contributed by atoms with van der Waals surface area (Å²) in [5.41, 5.74) is 0. The predicted octanol–water partition coefficient (Wildman–Crippen LogP) is 1.22. The second-order valence-corrected chi connectivity index (χ2v) is 3.15. The van der Waals surface area contributed by atoms with Crippen LogP contribution in [0.2, 0.25) is 0 Å². The first-order valence-corrected chi connectivity index (χ1v) is 3.92. The minimum Gasteiger partial charge on any atom is -0.377 e. The van der Waals surface area contributed by atoms with Gasteiger partial charge < -0.3 is 9.30 Å². The van der Waals surface area contributed by atoms with Crippen molar-refractivity contribution in [2.24, 2.45) is 0 Å². The molecule has 0 bridgehead atoms. The Morgan fingerprint density at radius 3 is 2.90 bits per heavy atom. The van der Waals surface area contributed by atoms with Gasteiger partial charge in [0, 0.05) is 6.20 Å². The Balaban J connectivity index is 2.17. The summed E-state index contributed by atoms with van der Waals surface area (Å²) >= 11 is 3.28. The Morgan fingerprint density at radius 1 is 1.70 bits per heavy atom. The first kappa shape index (κ1) is 6.37. The van der Waals surface area contributed by atoms with Crippen LogP contribution in [0.4, 0.5) is 0 Å². The molecule has 4 heteroatoms. The van der Waals surface area contributed by atoms with Crippen LogP contribution >= 0.6 is 15.9 Å². The lowest BCUT2D eigenvalue weighted by Crippen LogP contribution is -2.29. The lowest BCUT2D eigenvalue weighted by atomic mass is 10.3. The number of ether oxygens (including phenoxy) is 1. The number of halogens is 1. The topological polar surface area (TPSA) is 27.1 Å². The van der Waals surface area contributed by atoms with Crippen LogP contribution in [0.25, 0.3) is 0 Å². The molecule has 54 valence electrons. The third kappa shape index (κ3) is 0.973. The van der Waals surface area contributed by atoms with Crippen LogP contribution in [0.1, 0.15) is 6.04 Å². The third-order valence-corrected chi connectivity index (χ3v) is 2.02. The molecule has 0 aromatic carbocycles. The number of rotatable bonds is 1. The highest BCUT2D eigenvalue weighted by molar-refractivity contribution is 9.10. The summed E-state index contributed by atoms with van der Waals surface area (Å²) in [7, 11) is 0. The molecule has 0 N–H and O–H groups in total. The van der Waals surface area contributed by atoms with Crippen LogP contribution in [0.5, 0.6) is 0 Å². The molecule has 1 aromatic rings. The molecular formula is C6H7BrN2O. The van der Waals surface area contributed by atoms with E-state index in [-0.39, 0.29) is 0 Å². The summed E-state index contributed by atoms with van der Waals surface area (Å²) < 4.78 is 7.99. The number of hydrogen-bond acceptors (Lipinski definition) is 2. The molecule has 2 heterocycles. The summed E-state index contributed by atoms with van der Waals surface area (Å²) in [6.07, 6.45) is 3.78. The van der Waals surface area contributed by atoms with Crippen LogP contribution in [0.3, 0.4) is 0 Å². The van der Waals surface area contributed by atoms with Gasteiger partial charge in [-0.1, -0.05) is 0 Å². The number of nitrogens with zero attached hydrogens (tertiary/aromatic N) is 2. The lowest BCUT2D eigenvalue weighted by molar-refractivity contribution is -0.0233. The SMILES string of the molecule is Brc1cn(C2COC2)cn1. The average molecular weight is 203 g/mol. The Labute approximate surface area is 67.1 Å². The Morgan fingerprint density at radius 2 is 2.50 bits per heavy atom. The molecule has 1 aromatic heterocycles. The van der Waals surface area contributed by atoms with Crippen LogP contribution in [-0.4, -0.2) is 22.8 Å². The van der Waals surface area contributed by atoms with Crippen molar-refractivity contribution in [3.63, 3.8) is 0 Å². The Kier molecular flexibility index (Phi) is 1.50. The van der Waals surface area contributed by atoms with Gasteiger partial charge in [0.05, 0.1) is 25.6 Å². The Bertz CT molecular complexity index is 231. The zero-order chi connectivity index (χ0) is 6.97. The third-order valence-electron chi connectivity index (χ3n) is 1.61. The zero-order valence-corrected chi connectivity index (χ0v) is 6.91. The van der Waals surface area contributed by atoms with E-state index in [4.69, 9.17) is 4.74 Å². The van der Waals surface area contributed by atoms with Gasteiger partial charge in [-0.25, -0.2) is 4.98 Å². The van der Waals surface area contributed by atoms with Gasteiger partial charge in [0.1, 0.15) is 4.60 Å². The van der Waals surface area contributed by atoms with Crippen LogP contribution in [0, 0.1) is 0 Å². The van der Waals surface area contributed by atoms with Crippen molar-refractivity contribution in [2.45, 2.75) is 6.04 Å². The summed E-state index contributed by atoms with van der Waals surface area (Å²) in [6, 6.07) is 0.513. The molecule has 1 saturated heterocycles. The van der Waals surface area contributed by atoms with Crippen LogP contribution in [0.15, 0.2) is 17.1 Å². The van der Waals surface area contributed by atoms with E-state index in [1.54, 1.807) is 0 Å². The number of imidazole rings is 1. The van der Waals surface area contributed by atoms with Gasteiger partial charge in [0.15, 0.2) is 0 Å². The summed E-state index contributed by atoms with van der Waals surface area (Å²) in [5, 5.41) is 0. The van der Waals surface area contributed by atoms with E-state index in [2.05, 4.69) is 25.5 Å². The van der Waals surface area contributed by atoms with Crippen molar-refractivity contribution in [1.82, 2.24) is 9.55 Å². The van der Waals surface area contributed by atoms with E-state index >= 15 is 0 Å². The standard InChI is InChI=1S/C6H7BrN2O/c7-6-1-9(4-8-6)5-2-10-3-5/h1,4-5H,2-3H2. The van der Waals surface area contributed by atoms with Crippen molar-refractivity contribution < 1.29 is 4.74 Å². The van der Waals surface area contributed by atoms with Gasteiger partial charge >= 0.3 is 0 Å². The van der Waals surface area contributed by atoms with Crippen molar-refractivity contribution in [2.75, 3.05) is 13.2 Å². The van der Waals surface area contributed by atoms with Crippen LogP contribution < -0.4 is 0 Å². The fourth-order valence-corrected chi connectivity index (χ4v) is 1.23. The molecule has 0 unspecified atom stereocenters. The van der Waals surface area contributed by atoms with Crippen molar-refractivity contribution in [3.8, 4) is 0 Å². The van der Waals surface area contributed by atoms with E-state index in [1.165, 1.54) is 0 Å². The van der Waals surface area contributed by atoms with E-state index in [0.717, 1.165) is 17.8 Å². The molecule has 0 radical (unpaired) electrons. The quantitative estimate of drug-likeness (QED) is 0.685. The van der Waals surface area contributed by atoms with Gasteiger partial charge in [-0.15, -0.1) is 0 Å². The molecule has 1 fully saturated rings. The monoisotopic (exact) mass is 202 g/mol. The van der Waals surface area contributed by atoms with Crippen molar-refractivity contribution >= 4 is 15.9 Å². The van der Waals surface area contributed by atoms with E-state index in [1.807, 2.05) is 12.5 Å². The first-order valence-electron chi connectivity index (χ1n) is 3.13. The first-order chi connectivity index (χ1) is 4.86. The molecule has 3 nitrogen and oxygen atoms in total. The van der Waals surface area contributed by atoms with Gasteiger partial charge in [-0.05, 0) is 15.9 Å². The largest absolute Gasteiger partial charge is 0.377 e. The number of aromatic nitrogens is 2. The molecule has 0 spiro atoms. The highest BCUT2D eigenvalue weighted by Gasteiger charge is 2.19. The van der Waals surface area contributed by atoms with E-state index < -0.39 is 0 Å². The van der Waals surface area contributed by atoms with Crippen LogP contribution in [-0.2, 0) is 4.74 Å². The molecule has 10 heavy (non-hydrogen) atoms. The van der Waals surface area contributed by atoms with Gasteiger partial charge in [0.25, 0.3) is 0 Å². The lowest BCUT2D eigenvalue weighted by Gasteiger charge is -2.26. The second kappa shape index (κ2) is 2.36. The second-order valence-electron chi connectivity index (χ2n) is 2.33. The molecule has 0 amide bonds. The summed E-state index contributed by atoms with van der Waals surface area (Å²) in [6.45, 7) is 1.64. The Hall–Kier alpha value is -0.350.